The highest BCUT2D eigenvalue weighted by Crippen LogP contribution is 2.30. The Bertz CT molecular complexity index is 800. The number of amides is 1. The standard InChI is InChI=1S/C22H25NO6/c24-20(23-16-22(21(25)26)10-12-27-13-11-22)15-29-19-8-6-18(7-9-19)28-14-17-4-2-1-3-5-17/h1-9H,10-16H2,(H,23,24)(H,25,26). The van der Waals surface area contributed by atoms with Crippen molar-refractivity contribution in [3.8, 4) is 11.5 Å². The maximum Gasteiger partial charge on any atom is 0.311 e. The molecule has 0 spiro atoms. The minimum absolute atomic E-state index is 0.0696. The van der Waals surface area contributed by atoms with E-state index in [1.807, 2.05) is 30.3 Å². The molecule has 0 unspecified atom stereocenters. The van der Waals surface area contributed by atoms with Crippen LogP contribution in [0.1, 0.15) is 18.4 Å². The van der Waals surface area contributed by atoms with Crippen LogP contribution in [0.4, 0.5) is 0 Å². The van der Waals surface area contributed by atoms with Gasteiger partial charge in [0.2, 0.25) is 0 Å². The van der Waals surface area contributed by atoms with Crippen LogP contribution in [0.5, 0.6) is 11.5 Å². The van der Waals surface area contributed by atoms with Crippen molar-refractivity contribution in [3.05, 3.63) is 60.2 Å². The topological polar surface area (TPSA) is 94.1 Å². The Morgan fingerprint density at radius 3 is 2.21 bits per heavy atom. The summed E-state index contributed by atoms with van der Waals surface area (Å²) >= 11 is 0. The maximum atomic E-state index is 12.1. The molecule has 0 bridgehead atoms. The molecule has 1 amide bonds. The molecule has 154 valence electrons. The summed E-state index contributed by atoms with van der Waals surface area (Å²) in [5.74, 6) is -0.0329. The van der Waals surface area contributed by atoms with Gasteiger partial charge in [-0.05, 0) is 42.7 Å². The van der Waals surface area contributed by atoms with Crippen LogP contribution in [0.2, 0.25) is 0 Å². The summed E-state index contributed by atoms with van der Waals surface area (Å²) in [5.41, 5.74) is 0.110. The molecule has 1 aliphatic heterocycles. The Kier molecular flexibility index (Phi) is 7.08. The number of benzene rings is 2. The van der Waals surface area contributed by atoms with Gasteiger partial charge in [0.1, 0.15) is 18.1 Å². The zero-order valence-electron chi connectivity index (χ0n) is 16.1. The first-order valence-corrected chi connectivity index (χ1v) is 9.55. The minimum Gasteiger partial charge on any atom is -0.489 e. The van der Waals surface area contributed by atoms with Gasteiger partial charge in [-0.15, -0.1) is 0 Å². The normalized spacial score (nSPS) is 15.3. The van der Waals surface area contributed by atoms with Gasteiger partial charge in [0, 0.05) is 19.8 Å². The van der Waals surface area contributed by atoms with Gasteiger partial charge in [0.15, 0.2) is 6.61 Å². The Hall–Kier alpha value is -3.06. The van der Waals surface area contributed by atoms with E-state index in [1.54, 1.807) is 24.3 Å². The summed E-state index contributed by atoms with van der Waals surface area (Å²) < 4.78 is 16.4. The molecule has 1 heterocycles. The van der Waals surface area contributed by atoms with Gasteiger partial charge in [-0.2, -0.15) is 0 Å². The number of aliphatic carboxylic acids is 1. The Labute approximate surface area is 169 Å². The molecule has 0 atom stereocenters. The van der Waals surface area contributed by atoms with Crippen molar-refractivity contribution in [1.82, 2.24) is 5.32 Å². The number of carboxylic acid groups (broad SMARTS) is 1. The van der Waals surface area contributed by atoms with Crippen LogP contribution >= 0.6 is 0 Å². The molecule has 2 N–H and O–H groups in total. The zero-order valence-corrected chi connectivity index (χ0v) is 16.1. The number of carboxylic acids is 1. The fourth-order valence-electron chi connectivity index (χ4n) is 3.07. The van der Waals surface area contributed by atoms with Crippen molar-refractivity contribution in [1.29, 1.82) is 0 Å². The van der Waals surface area contributed by atoms with Crippen LogP contribution in [0.3, 0.4) is 0 Å². The highest BCUT2D eigenvalue weighted by atomic mass is 16.5. The first-order chi connectivity index (χ1) is 14.1. The minimum atomic E-state index is -0.967. The van der Waals surface area contributed by atoms with Gasteiger partial charge in [0.25, 0.3) is 5.91 Å². The molecule has 0 radical (unpaired) electrons. The average Bonchev–Trinajstić information content (AvgIpc) is 2.77. The van der Waals surface area contributed by atoms with Gasteiger partial charge in [0.05, 0.1) is 5.41 Å². The van der Waals surface area contributed by atoms with E-state index in [-0.39, 0.29) is 19.1 Å². The quantitative estimate of drug-likeness (QED) is 0.673. The van der Waals surface area contributed by atoms with E-state index >= 15 is 0 Å². The Morgan fingerprint density at radius 2 is 1.59 bits per heavy atom. The van der Waals surface area contributed by atoms with Crippen molar-refractivity contribution in [2.24, 2.45) is 5.41 Å². The Balaban J connectivity index is 1.42. The fourth-order valence-corrected chi connectivity index (χ4v) is 3.07. The van der Waals surface area contributed by atoms with E-state index in [9.17, 15) is 14.7 Å². The van der Waals surface area contributed by atoms with Gasteiger partial charge < -0.3 is 24.6 Å². The number of hydrogen-bond donors (Lipinski definition) is 2. The summed E-state index contributed by atoms with van der Waals surface area (Å²) in [7, 11) is 0. The lowest BCUT2D eigenvalue weighted by Gasteiger charge is -2.33. The van der Waals surface area contributed by atoms with Crippen molar-refractivity contribution in [3.63, 3.8) is 0 Å². The molecule has 0 saturated carbocycles. The van der Waals surface area contributed by atoms with Crippen molar-refractivity contribution in [2.75, 3.05) is 26.4 Å². The van der Waals surface area contributed by atoms with E-state index in [2.05, 4.69) is 5.32 Å². The predicted molar refractivity (Wildman–Crippen MR) is 106 cm³/mol. The van der Waals surface area contributed by atoms with E-state index in [0.717, 1.165) is 5.56 Å². The summed E-state index contributed by atoms with van der Waals surface area (Å²) in [6, 6.07) is 16.9. The summed E-state index contributed by atoms with van der Waals surface area (Å²) in [6.45, 7) is 1.13. The lowest BCUT2D eigenvalue weighted by atomic mass is 9.80. The molecule has 7 nitrogen and oxygen atoms in total. The number of carbonyl (C=O) groups is 2. The molecule has 1 aliphatic rings. The number of rotatable bonds is 9. The summed E-state index contributed by atoms with van der Waals surface area (Å²) in [5, 5.41) is 12.2. The first-order valence-electron chi connectivity index (χ1n) is 9.55. The lowest BCUT2D eigenvalue weighted by molar-refractivity contribution is -0.154. The highest BCUT2D eigenvalue weighted by molar-refractivity contribution is 5.80. The molecule has 1 saturated heterocycles. The van der Waals surface area contributed by atoms with Crippen LogP contribution in [-0.2, 0) is 20.9 Å². The average molecular weight is 399 g/mol. The van der Waals surface area contributed by atoms with Crippen LogP contribution < -0.4 is 14.8 Å². The second-order valence-corrected chi connectivity index (χ2v) is 7.01. The van der Waals surface area contributed by atoms with Crippen LogP contribution in [-0.4, -0.2) is 43.3 Å². The van der Waals surface area contributed by atoms with Gasteiger partial charge in [-0.25, -0.2) is 0 Å². The van der Waals surface area contributed by atoms with E-state index in [4.69, 9.17) is 14.2 Å². The van der Waals surface area contributed by atoms with E-state index < -0.39 is 11.4 Å². The third kappa shape index (κ3) is 5.96. The maximum absolute atomic E-state index is 12.1. The molecule has 0 aliphatic carbocycles. The summed E-state index contributed by atoms with van der Waals surface area (Å²) in [4.78, 5) is 23.7. The molecule has 2 aromatic carbocycles. The third-order valence-electron chi connectivity index (χ3n) is 4.97. The van der Waals surface area contributed by atoms with Crippen LogP contribution in [0.15, 0.2) is 54.6 Å². The zero-order chi connectivity index (χ0) is 20.5. The smallest absolute Gasteiger partial charge is 0.311 e. The second kappa shape index (κ2) is 9.93. The van der Waals surface area contributed by atoms with Crippen molar-refractivity contribution >= 4 is 11.9 Å². The third-order valence-corrected chi connectivity index (χ3v) is 4.97. The van der Waals surface area contributed by atoms with E-state index in [1.165, 1.54) is 0 Å². The first kappa shape index (κ1) is 20.7. The number of hydrogen-bond acceptors (Lipinski definition) is 5. The second-order valence-electron chi connectivity index (χ2n) is 7.01. The SMILES string of the molecule is O=C(COc1ccc(OCc2ccccc2)cc1)NCC1(C(=O)O)CCOCC1. The molecule has 29 heavy (non-hydrogen) atoms. The molecule has 1 fully saturated rings. The molecule has 7 heteroatoms. The molecule has 2 aromatic rings. The monoisotopic (exact) mass is 399 g/mol. The van der Waals surface area contributed by atoms with Crippen LogP contribution in [0, 0.1) is 5.41 Å². The highest BCUT2D eigenvalue weighted by Gasteiger charge is 2.40. The molecule has 3 rings (SSSR count). The van der Waals surface area contributed by atoms with Crippen molar-refractivity contribution < 1.29 is 28.9 Å². The number of ether oxygens (including phenoxy) is 3. The lowest BCUT2D eigenvalue weighted by Crippen LogP contribution is -2.47. The van der Waals surface area contributed by atoms with Crippen molar-refractivity contribution in [2.45, 2.75) is 19.4 Å². The molecular formula is C22H25NO6. The number of carbonyl (C=O) groups excluding carboxylic acids is 1. The van der Waals surface area contributed by atoms with Gasteiger partial charge >= 0.3 is 5.97 Å². The molecule has 0 aromatic heterocycles. The van der Waals surface area contributed by atoms with E-state index in [0.29, 0.717) is 44.2 Å². The van der Waals surface area contributed by atoms with Crippen LogP contribution in [0.25, 0.3) is 0 Å². The number of nitrogens with one attached hydrogen (secondary N) is 1. The predicted octanol–water partition coefficient (Wildman–Crippen LogP) is 2.64. The molecular weight excluding hydrogens is 374 g/mol. The van der Waals surface area contributed by atoms with Gasteiger partial charge in [-0.1, -0.05) is 30.3 Å². The Morgan fingerprint density at radius 1 is 0.966 bits per heavy atom. The van der Waals surface area contributed by atoms with Gasteiger partial charge in [-0.3, -0.25) is 9.59 Å². The summed E-state index contributed by atoms with van der Waals surface area (Å²) in [6.07, 6.45) is 0.766. The largest absolute Gasteiger partial charge is 0.489 e. The fraction of sp³-hybridized carbons (Fsp3) is 0.364.